The quantitative estimate of drug-likeness (QED) is 0.0648. The maximum Gasteiger partial charge on any atom is 0.317 e. The number of aliphatic hydroxyl groups is 1. The molecule has 1 amide bonds. The lowest BCUT2D eigenvalue weighted by molar-refractivity contribution is -0.168. The van der Waals surface area contributed by atoms with E-state index < -0.39 is 11.5 Å². The number of carbonyl (C=O) groups is 2. The third kappa shape index (κ3) is 9.28. The lowest BCUT2D eigenvalue weighted by Crippen LogP contribution is -2.55. The fourth-order valence-corrected chi connectivity index (χ4v) is 9.35. The monoisotopic (exact) mass is 812 g/mol. The van der Waals surface area contributed by atoms with Gasteiger partial charge in [-0.1, -0.05) is 72.8 Å². The molecular formula is C49H56N4O7. The summed E-state index contributed by atoms with van der Waals surface area (Å²) in [6, 6.07) is 32.3. The first kappa shape index (κ1) is 41.3. The number of nitrogens with zero attached hydrogens (tertiary/aromatic N) is 2. The van der Waals surface area contributed by atoms with E-state index in [2.05, 4.69) is 33.4 Å². The molecule has 1 aromatic heterocycles. The average molecular weight is 813 g/mol. The van der Waals surface area contributed by atoms with Crippen LogP contribution in [0, 0.1) is 5.92 Å². The second-order valence-electron chi connectivity index (χ2n) is 16.7. The van der Waals surface area contributed by atoms with Crippen molar-refractivity contribution in [1.82, 2.24) is 20.1 Å². The molecule has 4 aliphatic heterocycles. The number of phenolic OH excluding ortho intramolecular Hbond substituents is 1. The van der Waals surface area contributed by atoms with E-state index in [-0.39, 0.29) is 35.7 Å². The highest BCUT2D eigenvalue weighted by molar-refractivity contribution is 5.87. The van der Waals surface area contributed by atoms with Gasteiger partial charge in [-0.3, -0.25) is 19.3 Å². The van der Waals surface area contributed by atoms with Crippen LogP contribution >= 0.6 is 0 Å². The second kappa shape index (κ2) is 18.8. The van der Waals surface area contributed by atoms with Crippen LogP contribution in [-0.2, 0) is 26.2 Å². The number of benzene rings is 4. The van der Waals surface area contributed by atoms with E-state index in [1.807, 2.05) is 65.6 Å². The Morgan fingerprint density at radius 2 is 1.62 bits per heavy atom. The molecule has 0 spiro atoms. The minimum atomic E-state index is -0.800. The third-order valence-corrected chi connectivity index (χ3v) is 12.9. The van der Waals surface area contributed by atoms with Crippen LogP contribution in [0.5, 0.6) is 11.5 Å². The number of likely N-dealkylation sites (tertiary alicyclic amines) is 1. The van der Waals surface area contributed by atoms with Crippen LogP contribution in [0.3, 0.4) is 0 Å². The van der Waals surface area contributed by atoms with Crippen molar-refractivity contribution in [2.45, 2.75) is 69.0 Å². The molecule has 11 nitrogen and oxygen atoms in total. The highest BCUT2D eigenvalue weighted by Gasteiger charge is 2.47. The second-order valence-corrected chi connectivity index (χ2v) is 16.7. The molecule has 4 aromatic carbocycles. The number of amides is 1. The zero-order valence-electron chi connectivity index (χ0n) is 34.2. The molecule has 314 valence electrons. The Balaban J connectivity index is 0.832. The number of ether oxygens (including phenoxy) is 2. The van der Waals surface area contributed by atoms with Crippen molar-refractivity contribution < 1.29 is 29.3 Å². The Labute approximate surface area is 351 Å². The van der Waals surface area contributed by atoms with Crippen molar-refractivity contribution in [2.75, 3.05) is 52.4 Å². The van der Waals surface area contributed by atoms with Gasteiger partial charge in [-0.15, -0.1) is 0 Å². The topological polar surface area (TPSA) is 144 Å². The minimum Gasteiger partial charge on any atom is -0.506 e. The summed E-state index contributed by atoms with van der Waals surface area (Å²) >= 11 is 0. The van der Waals surface area contributed by atoms with E-state index in [4.69, 9.17) is 9.47 Å². The molecule has 0 radical (unpaired) electrons. The first-order chi connectivity index (χ1) is 29.3. The highest BCUT2D eigenvalue weighted by atomic mass is 16.5. The standard InChI is InChI=1S/C49H56N4O7/c54-41-17-15-38(39-16-19-45(56)51-47(39)41)42(55)32-50-24-8-3-9-29-59-43-18-14-34(30-40(43)35-10-4-1-5-11-35)31-46(57)53-27-22-49(23-28-53,37-12-6-2-7-13-37)48(58)60-44-33-52-25-20-36(44)21-26-52/h1-2,4-7,10-19,30,36,42,44,50,54-55H,3,8-9,20-29,31-33H2,(H,51,56)/t42-,44-/m0/s1. The van der Waals surface area contributed by atoms with E-state index in [0.29, 0.717) is 61.5 Å². The molecule has 60 heavy (non-hydrogen) atoms. The summed E-state index contributed by atoms with van der Waals surface area (Å²) in [5, 5.41) is 24.9. The number of H-pyrrole nitrogens is 1. The first-order valence-electron chi connectivity index (χ1n) is 21.6. The summed E-state index contributed by atoms with van der Waals surface area (Å²) in [5.74, 6) is 1.08. The van der Waals surface area contributed by atoms with Crippen LogP contribution in [-0.4, -0.2) is 95.4 Å². The van der Waals surface area contributed by atoms with E-state index in [1.165, 1.54) is 12.1 Å². The Hall–Kier alpha value is -5.49. The Bertz CT molecular complexity index is 2300. The van der Waals surface area contributed by atoms with Crippen molar-refractivity contribution in [3.8, 4) is 22.6 Å². The zero-order chi connectivity index (χ0) is 41.5. The number of fused-ring (bicyclic) bond motifs is 4. The van der Waals surface area contributed by atoms with Gasteiger partial charge in [-0.05, 0) is 117 Å². The van der Waals surface area contributed by atoms with Gasteiger partial charge in [0.15, 0.2) is 0 Å². The first-order valence-corrected chi connectivity index (χ1v) is 21.6. The van der Waals surface area contributed by atoms with Crippen molar-refractivity contribution >= 4 is 22.8 Å². The number of nitrogens with one attached hydrogen (secondary N) is 2. The molecule has 2 bridgehead atoms. The van der Waals surface area contributed by atoms with Crippen molar-refractivity contribution in [3.05, 3.63) is 130 Å². The van der Waals surface area contributed by atoms with E-state index in [0.717, 1.165) is 86.3 Å². The summed E-state index contributed by atoms with van der Waals surface area (Å²) in [6.45, 7) is 5.58. The maximum absolute atomic E-state index is 14.1. The zero-order valence-corrected chi connectivity index (χ0v) is 34.2. The summed E-state index contributed by atoms with van der Waals surface area (Å²) in [4.78, 5) is 46.7. The van der Waals surface area contributed by atoms with Crippen molar-refractivity contribution in [1.29, 1.82) is 0 Å². The normalized spacial score (nSPS) is 20.1. The highest BCUT2D eigenvalue weighted by Crippen LogP contribution is 2.40. The Morgan fingerprint density at radius 1 is 0.867 bits per heavy atom. The van der Waals surface area contributed by atoms with E-state index >= 15 is 0 Å². The van der Waals surface area contributed by atoms with Gasteiger partial charge in [-0.25, -0.2) is 0 Å². The number of unbranched alkanes of at least 4 members (excludes halogenated alkanes) is 2. The van der Waals surface area contributed by atoms with Crippen LogP contribution in [0.2, 0.25) is 0 Å². The molecule has 5 aromatic rings. The smallest absolute Gasteiger partial charge is 0.317 e. The van der Waals surface area contributed by atoms with Crippen molar-refractivity contribution in [2.24, 2.45) is 5.92 Å². The number of aromatic nitrogens is 1. The van der Waals surface area contributed by atoms with Crippen LogP contribution in [0.1, 0.15) is 67.7 Å². The van der Waals surface area contributed by atoms with E-state index in [9.17, 15) is 24.6 Å². The number of pyridine rings is 1. The molecule has 2 atom stereocenters. The molecule has 9 rings (SSSR count). The largest absolute Gasteiger partial charge is 0.506 e. The summed E-state index contributed by atoms with van der Waals surface area (Å²) < 4.78 is 12.7. The summed E-state index contributed by atoms with van der Waals surface area (Å²) in [5.41, 5.74) is 3.73. The molecule has 4 aliphatic rings. The van der Waals surface area contributed by atoms with Gasteiger partial charge in [0.1, 0.15) is 17.6 Å². The number of aromatic hydroxyl groups is 1. The number of hydrogen-bond acceptors (Lipinski definition) is 9. The van der Waals surface area contributed by atoms with Crippen LogP contribution < -0.4 is 15.6 Å². The molecule has 4 fully saturated rings. The lowest BCUT2D eigenvalue weighted by atomic mass is 9.72. The number of hydrogen-bond donors (Lipinski definition) is 4. The van der Waals surface area contributed by atoms with Crippen LogP contribution in [0.15, 0.2) is 108 Å². The number of rotatable bonds is 16. The molecule has 0 saturated carbocycles. The summed E-state index contributed by atoms with van der Waals surface area (Å²) in [7, 11) is 0. The minimum absolute atomic E-state index is 0.0317. The molecule has 5 heterocycles. The lowest BCUT2D eigenvalue weighted by Gasteiger charge is -2.46. The van der Waals surface area contributed by atoms with Gasteiger partial charge in [0.05, 0.1) is 30.1 Å². The number of aliphatic hydroxyl groups excluding tert-OH is 1. The van der Waals surface area contributed by atoms with Crippen molar-refractivity contribution in [3.63, 3.8) is 0 Å². The van der Waals surface area contributed by atoms with Gasteiger partial charge in [0.25, 0.3) is 0 Å². The molecule has 11 heteroatoms. The molecule has 4 saturated heterocycles. The van der Waals surface area contributed by atoms with Crippen LogP contribution in [0.4, 0.5) is 0 Å². The number of piperidine rings is 4. The van der Waals surface area contributed by atoms with E-state index in [1.54, 1.807) is 12.1 Å². The maximum atomic E-state index is 14.1. The average Bonchev–Trinajstić information content (AvgIpc) is 3.28. The molecule has 0 unspecified atom stereocenters. The molecule has 0 aliphatic carbocycles. The molecular weight excluding hydrogens is 757 g/mol. The van der Waals surface area contributed by atoms with Gasteiger partial charge in [-0.2, -0.15) is 0 Å². The Morgan fingerprint density at radius 3 is 2.35 bits per heavy atom. The number of phenols is 1. The van der Waals surface area contributed by atoms with Gasteiger partial charge >= 0.3 is 5.97 Å². The SMILES string of the molecule is O=C(Cc1ccc(OCCCCCNC[C@H](O)c2ccc(O)c3[nH]c(=O)ccc23)c(-c2ccccc2)c1)N1CCC(C(=O)O[C@H]2CN3CCC2CC3)(c2ccccc2)CC1. The fraction of sp³-hybridized carbons (Fsp3) is 0.408. The predicted molar refractivity (Wildman–Crippen MR) is 232 cm³/mol. The van der Waals surface area contributed by atoms with Gasteiger partial charge in [0.2, 0.25) is 11.5 Å². The number of carbonyl (C=O) groups excluding carboxylic acids is 2. The number of esters is 1. The molecule has 4 N–H and O–H groups in total. The fourth-order valence-electron chi connectivity index (χ4n) is 9.35. The van der Waals surface area contributed by atoms with Crippen LogP contribution in [0.25, 0.3) is 22.0 Å². The van der Waals surface area contributed by atoms with Gasteiger partial charge < -0.3 is 34.9 Å². The number of aromatic amines is 1. The third-order valence-electron chi connectivity index (χ3n) is 12.9. The predicted octanol–water partition coefficient (Wildman–Crippen LogP) is 6.51. The summed E-state index contributed by atoms with van der Waals surface area (Å²) in [6.07, 6.45) is 5.30. The Kier molecular flexibility index (Phi) is 12.9. The van der Waals surface area contributed by atoms with Gasteiger partial charge in [0, 0.05) is 43.2 Å².